The number of carbonyl (C=O) groups is 1. The molecular weight excluding hydrogens is 433 g/mol. The zero-order valence-electron chi connectivity index (χ0n) is 17.8. The first-order valence-electron chi connectivity index (χ1n) is 10.5. The van der Waals surface area contributed by atoms with E-state index in [1.807, 2.05) is 30.5 Å². The smallest absolute Gasteiger partial charge is 0.243 e. The second-order valence-electron chi connectivity index (χ2n) is 7.86. The van der Waals surface area contributed by atoms with Gasteiger partial charge in [-0.2, -0.15) is 4.31 Å². The first kappa shape index (κ1) is 22.3. The molecule has 32 heavy (non-hydrogen) atoms. The molecule has 0 spiro atoms. The normalized spacial score (nSPS) is 15.7. The molecule has 0 unspecified atom stereocenters. The van der Waals surface area contributed by atoms with Crippen molar-refractivity contribution in [2.24, 2.45) is 5.92 Å². The SMILES string of the molecule is COc1ccc2c(ccn2CCNC(=O)C2CCN(S(=O)(=O)c3ccc(F)cc3)CC2)c1. The van der Waals surface area contributed by atoms with Gasteiger partial charge in [-0.15, -0.1) is 0 Å². The topological polar surface area (TPSA) is 80.6 Å². The highest BCUT2D eigenvalue weighted by Crippen LogP contribution is 2.24. The fraction of sp³-hybridized carbons (Fsp3) is 0.348. The Balaban J connectivity index is 1.28. The Kier molecular flexibility index (Phi) is 6.48. The number of rotatable bonds is 7. The van der Waals surface area contributed by atoms with Crippen molar-refractivity contribution < 1.29 is 22.3 Å². The summed E-state index contributed by atoms with van der Waals surface area (Å²) < 4.78 is 47.2. The molecule has 0 aliphatic carbocycles. The van der Waals surface area contributed by atoms with E-state index in [9.17, 15) is 17.6 Å². The quantitative estimate of drug-likeness (QED) is 0.589. The van der Waals surface area contributed by atoms with Crippen LogP contribution >= 0.6 is 0 Å². The zero-order chi connectivity index (χ0) is 22.7. The summed E-state index contributed by atoms with van der Waals surface area (Å²) in [4.78, 5) is 12.7. The molecule has 1 aliphatic heterocycles. The number of fused-ring (bicyclic) bond motifs is 1. The molecule has 2 heterocycles. The highest BCUT2D eigenvalue weighted by atomic mass is 32.2. The molecular formula is C23H26FN3O4S. The van der Waals surface area contributed by atoms with E-state index in [1.165, 1.54) is 16.4 Å². The molecule has 1 aromatic heterocycles. The summed E-state index contributed by atoms with van der Waals surface area (Å²) in [5.74, 6) is 0.0469. The van der Waals surface area contributed by atoms with Crippen LogP contribution in [0, 0.1) is 11.7 Å². The van der Waals surface area contributed by atoms with E-state index in [4.69, 9.17) is 4.74 Å². The van der Waals surface area contributed by atoms with Gasteiger partial charge in [-0.3, -0.25) is 4.79 Å². The molecule has 3 aromatic rings. The number of hydrogen-bond donors (Lipinski definition) is 1. The van der Waals surface area contributed by atoms with Crippen LogP contribution in [-0.2, 0) is 21.4 Å². The highest BCUT2D eigenvalue weighted by molar-refractivity contribution is 7.89. The van der Waals surface area contributed by atoms with Crippen LogP contribution in [0.1, 0.15) is 12.8 Å². The number of methoxy groups -OCH3 is 1. The molecule has 0 radical (unpaired) electrons. The van der Waals surface area contributed by atoms with Crippen LogP contribution in [0.25, 0.3) is 10.9 Å². The molecule has 0 saturated carbocycles. The summed E-state index contributed by atoms with van der Waals surface area (Å²) in [6, 6.07) is 12.7. The number of nitrogens with one attached hydrogen (secondary N) is 1. The Morgan fingerprint density at radius 3 is 2.53 bits per heavy atom. The van der Waals surface area contributed by atoms with E-state index in [2.05, 4.69) is 9.88 Å². The third kappa shape index (κ3) is 4.63. The molecule has 1 aliphatic rings. The third-order valence-electron chi connectivity index (χ3n) is 5.91. The molecule has 170 valence electrons. The van der Waals surface area contributed by atoms with E-state index in [0.717, 1.165) is 28.8 Å². The van der Waals surface area contributed by atoms with Crippen molar-refractivity contribution in [1.82, 2.24) is 14.2 Å². The number of piperidine rings is 1. The molecule has 4 rings (SSSR count). The maximum absolute atomic E-state index is 13.1. The lowest BCUT2D eigenvalue weighted by atomic mass is 9.97. The summed E-state index contributed by atoms with van der Waals surface area (Å²) in [6.45, 7) is 1.66. The minimum absolute atomic E-state index is 0.0537. The van der Waals surface area contributed by atoms with Gasteiger partial charge < -0.3 is 14.6 Å². The lowest BCUT2D eigenvalue weighted by molar-refractivity contribution is -0.126. The Morgan fingerprint density at radius 2 is 1.84 bits per heavy atom. The van der Waals surface area contributed by atoms with E-state index < -0.39 is 15.8 Å². The van der Waals surface area contributed by atoms with Crippen LogP contribution in [0.4, 0.5) is 4.39 Å². The molecule has 1 saturated heterocycles. The Morgan fingerprint density at radius 1 is 1.12 bits per heavy atom. The van der Waals surface area contributed by atoms with Gasteiger partial charge in [0.25, 0.3) is 0 Å². The standard InChI is InChI=1S/C23H26FN3O4S/c1-31-20-4-7-22-18(16-20)8-12-26(22)15-11-25-23(28)17-9-13-27(14-10-17)32(29,30)21-5-2-19(24)3-6-21/h2-8,12,16-17H,9-11,13-15H2,1H3,(H,25,28). The maximum atomic E-state index is 13.1. The molecule has 1 N–H and O–H groups in total. The van der Waals surface area contributed by atoms with Crippen LogP contribution in [0.15, 0.2) is 59.6 Å². The van der Waals surface area contributed by atoms with Crippen molar-refractivity contribution in [3.63, 3.8) is 0 Å². The molecule has 7 nitrogen and oxygen atoms in total. The molecule has 0 atom stereocenters. The Labute approximate surface area is 186 Å². The molecule has 1 fully saturated rings. The van der Waals surface area contributed by atoms with Crippen molar-refractivity contribution in [3.8, 4) is 5.75 Å². The summed E-state index contributed by atoms with van der Waals surface area (Å²) in [7, 11) is -2.04. The predicted molar refractivity (Wildman–Crippen MR) is 119 cm³/mol. The number of benzene rings is 2. The number of hydrogen-bond acceptors (Lipinski definition) is 4. The van der Waals surface area contributed by atoms with Gasteiger partial charge in [0, 0.05) is 49.2 Å². The predicted octanol–water partition coefficient (Wildman–Crippen LogP) is 3.01. The maximum Gasteiger partial charge on any atom is 0.243 e. The molecule has 9 heteroatoms. The number of carbonyl (C=O) groups excluding carboxylic acids is 1. The van der Waals surface area contributed by atoms with Gasteiger partial charge in [-0.1, -0.05) is 0 Å². The van der Waals surface area contributed by atoms with Gasteiger partial charge in [0.2, 0.25) is 15.9 Å². The zero-order valence-corrected chi connectivity index (χ0v) is 18.6. The highest BCUT2D eigenvalue weighted by Gasteiger charge is 2.32. The number of sulfonamides is 1. The van der Waals surface area contributed by atoms with Gasteiger partial charge in [0.05, 0.1) is 12.0 Å². The van der Waals surface area contributed by atoms with Crippen LogP contribution in [0.5, 0.6) is 5.75 Å². The van der Waals surface area contributed by atoms with Gasteiger partial charge >= 0.3 is 0 Å². The summed E-state index contributed by atoms with van der Waals surface area (Å²) >= 11 is 0. The van der Waals surface area contributed by atoms with Gasteiger partial charge in [-0.25, -0.2) is 12.8 Å². The van der Waals surface area contributed by atoms with Gasteiger partial charge in [0.15, 0.2) is 0 Å². The molecule has 1 amide bonds. The van der Waals surface area contributed by atoms with E-state index in [0.29, 0.717) is 25.9 Å². The Hall–Kier alpha value is -2.91. The van der Waals surface area contributed by atoms with Crippen molar-refractivity contribution >= 4 is 26.8 Å². The van der Waals surface area contributed by atoms with Gasteiger partial charge in [-0.05, 0) is 61.4 Å². The third-order valence-corrected chi connectivity index (χ3v) is 7.82. The monoisotopic (exact) mass is 459 g/mol. The van der Waals surface area contributed by atoms with E-state index in [1.54, 1.807) is 7.11 Å². The van der Waals surface area contributed by atoms with E-state index in [-0.39, 0.29) is 29.8 Å². The summed E-state index contributed by atoms with van der Waals surface area (Å²) in [6.07, 6.45) is 2.89. The number of ether oxygens (including phenoxy) is 1. The van der Waals surface area contributed by atoms with E-state index >= 15 is 0 Å². The van der Waals surface area contributed by atoms with Crippen molar-refractivity contribution in [2.75, 3.05) is 26.7 Å². The lowest BCUT2D eigenvalue weighted by Gasteiger charge is -2.30. The van der Waals surface area contributed by atoms with Crippen LogP contribution < -0.4 is 10.1 Å². The Bertz CT molecular complexity index is 1200. The van der Waals surface area contributed by atoms with Crippen molar-refractivity contribution in [3.05, 3.63) is 60.5 Å². The fourth-order valence-corrected chi connectivity index (χ4v) is 5.53. The minimum Gasteiger partial charge on any atom is -0.497 e. The molecule has 2 aromatic carbocycles. The number of aromatic nitrogens is 1. The van der Waals surface area contributed by atoms with Crippen LogP contribution in [-0.4, -0.2) is 49.9 Å². The lowest BCUT2D eigenvalue weighted by Crippen LogP contribution is -2.43. The van der Waals surface area contributed by atoms with Crippen molar-refractivity contribution in [2.45, 2.75) is 24.3 Å². The van der Waals surface area contributed by atoms with Crippen LogP contribution in [0.2, 0.25) is 0 Å². The number of nitrogens with zero attached hydrogens (tertiary/aromatic N) is 2. The number of amides is 1. The van der Waals surface area contributed by atoms with Gasteiger partial charge in [0.1, 0.15) is 11.6 Å². The first-order chi connectivity index (χ1) is 15.4. The second-order valence-corrected chi connectivity index (χ2v) is 9.80. The van der Waals surface area contributed by atoms with Crippen LogP contribution in [0.3, 0.4) is 0 Å². The number of halogens is 1. The molecule has 0 bridgehead atoms. The summed E-state index contributed by atoms with van der Waals surface area (Å²) in [5, 5.41) is 4.05. The fourth-order valence-electron chi connectivity index (χ4n) is 4.06. The largest absolute Gasteiger partial charge is 0.497 e. The minimum atomic E-state index is -3.68. The average Bonchev–Trinajstić information content (AvgIpc) is 3.21. The second kappa shape index (κ2) is 9.30. The summed E-state index contributed by atoms with van der Waals surface area (Å²) in [5.41, 5.74) is 1.07. The average molecular weight is 460 g/mol. The first-order valence-corrected chi connectivity index (χ1v) is 12.0. The van der Waals surface area contributed by atoms with Crippen molar-refractivity contribution in [1.29, 1.82) is 0 Å².